The van der Waals surface area contributed by atoms with Crippen LogP contribution in [0.1, 0.15) is 21.6 Å². The van der Waals surface area contributed by atoms with Crippen molar-refractivity contribution in [3.8, 4) is 11.5 Å². The molecule has 1 aromatic heterocycles. The number of benzene rings is 1. The standard InChI is InChI=1S/C16H18N2O3/c1-11-13(10-18(2)17-11)14(19)9-8-12-6-5-7-15(20-3)16(12)21-4/h5-10H,1-4H3. The predicted molar refractivity (Wildman–Crippen MR) is 80.9 cm³/mol. The lowest BCUT2D eigenvalue weighted by atomic mass is 10.1. The molecule has 0 bridgehead atoms. The molecule has 5 nitrogen and oxygen atoms in total. The van der Waals surface area contributed by atoms with Crippen LogP contribution in [0.2, 0.25) is 0 Å². The van der Waals surface area contributed by atoms with E-state index in [9.17, 15) is 4.79 Å². The van der Waals surface area contributed by atoms with Crippen LogP contribution in [0.5, 0.6) is 11.5 Å². The number of ether oxygens (including phenoxy) is 2. The van der Waals surface area contributed by atoms with E-state index in [0.29, 0.717) is 22.8 Å². The lowest BCUT2D eigenvalue weighted by Gasteiger charge is -2.09. The summed E-state index contributed by atoms with van der Waals surface area (Å²) >= 11 is 0. The van der Waals surface area contributed by atoms with E-state index < -0.39 is 0 Å². The van der Waals surface area contributed by atoms with Crippen LogP contribution < -0.4 is 9.47 Å². The van der Waals surface area contributed by atoms with Crippen molar-refractivity contribution >= 4 is 11.9 Å². The van der Waals surface area contributed by atoms with E-state index in [1.54, 1.807) is 38.2 Å². The van der Waals surface area contributed by atoms with Gasteiger partial charge in [0, 0.05) is 18.8 Å². The number of aryl methyl sites for hydroxylation is 2. The average Bonchev–Trinajstić information content (AvgIpc) is 2.82. The van der Waals surface area contributed by atoms with Gasteiger partial charge in [-0.25, -0.2) is 0 Å². The molecule has 0 radical (unpaired) electrons. The fourth-order valence-corrected chi connectivity index (χ4v) is 2.14. The van der Waals surface area contributed by atoms with E-state index in [-0.39, 0.29) is 5.78 Å². The molecule has 0 amide bonds. The first-order valence-corrected chi connectivity index (χ1v) is 6.50. The number of ketones is 1. The van der Waals surface area contributed by atoms with Crippen molar-refractivity contribution in [3.63, 3.8) is 0 Å². The number of aromatic nitrogens is 2. The summed E-state index contributed by atoms with van der Waals surface area (Å²) in [6, 6.07) is 5.52. The highest BCUT2D eigenvalue weighted by Crippen LogP contribution is 2.31. The molecular weight excluding hydrogens is 268 g/mol. The van der Waals surface area contributed by atoms with Crippen LogP contribution in [-0.2, 0) is 7.05 Å². The zero-order chi connectivity index (χ0) is 15.4. The van der Waals surface area contributed by atoms with Crippen molar-refractivity contribution < 1.29 is 14.3 Å². The Morgan fingerprint density at radius 3 is 2.62 bits per heavy atom. The van der Waals surface area contributed by atoms with Gasteiger partial charge in [0.2, 0.25) is 0 Å². The van der Waals surface area contributed by atoms with Gasteiger partial charge in [-0.3, -0.25) is 9.48 Å². The van der Waals surface area contributed by atoms with Crippen LogP contribution in [0.4, 0.5) is 0 Å². The maximum atomic E-state index is 12.2. The van der Waals surface area contributed by atoms with E-state index in [4.69, 9.17) is 9.47 Å². The zero-order valence-electron chi connectivity index (χ0n) is 12.6. The van der Waals surface area contributed by atoms with Gasteiger partial charge in [0.25, 0.3) is 0 Å². The van der Waals surface area contributed by atoms with Gasteiger partial charge in [0.05, 0.1) is 25.5 Å². The molecule has 0 saturated carbocycles. The second-order valence-electron chi connectivity index (χ2n) is 4.58. The van der Waals surface area contributed by atoms with Crippen molar-refractivity contribution in [1.82, 2.24) is 9.78 Å². The van der Waals surface area contributed by atoms with Gasteiger partial charge in [-0.05, 0) is 25.1 Å². The number of para-hydroxylation sites is 1. The molecular formula is C16H18N2O3. The van der Waals surface area contributed by atoms with Gasteiger partial charge in [-0.1, -0.05) is 12.1 Å². The second kappa shape index (κ2) is 6.26. The fraction of sp³-hybridized carbons (Fsp3) is 0.250. The maximum Gasteiger partial charge on any atom is 0.189 e. The molecule has 0 aliphatic carbocycles. The average molecular weight is 286 g/mol. The topological polar surface area (TPSA) is 53.4 Å². The van der Waals surface area contributed by atoms with Crippen molar-refractivity contribution in [2.24, 2.45) is 7.05 Å². The zero-order valence-corrected chi connectivity index (χ0v) is 12.6. The van der Waals surface area contributed by atoms with Crippen LogP contribution >= 0.6 is 0 Å². The highest BCUT2D eigenvalue weighted by molar-refractivity contribution is 6.07. The summed E-state index contributed by atoms with van der Waals surface area (Å²) < 4.78 is 12.2. The summed E-state index contributed by atoms with van der Waals surface area (Å²) in [5.41, 5.74) is 2.09. The largest absolute Gasteiger partial charge is 0.493 e. The molecule has 21 heavy (non-hydrogen) atoms. The third kappa shape index (κ3) is 3.13. The second-order valence-corrected chi connectivity index (χ2v) is 4.58. The van der Waals surface area contributed by atoms with E-state index >= 15 is 0 Å². The van der Waals surface area contributed by atoms with Gasteiger partial charge in [-0.15, -0.1) is 0 Å². The van der Waals surface area contributed by atoms with Crippen LogP contribution in [0, 0.1) is 6.92 Å². The molecule has 2 rings (SSSR count). The monoisotopic (exact) mass is 286 g/mol. The number of rotatable bonds is 5. The highest BCUT2D eigenvalue weighted by atomic mass is 16.5. The maximum absolute atomic E-state index is 12.2. The lowest BCUT2D eigenvalue weighted by Crippen LogP contribution is -1.96. The number of nitrogens with zero attached hydrogens (tertiary/aromatic N) is 2. The fourth-order valence-electron chi connectivity index (χ4n) is 2.14. The molecule has 0 aliphatic rings. The number of allylic oxidation sites excluding steroid dienone is 1. The summed E-state index contributed by atoms with van der Waals surface area (Å²) in [6.45, 7) is 1.81. The summed E-state index contributed by atoms with van der Waals surface area (Å²) in [5, 5.41) is 4.17. The summed E-state index contributed by atoms with van der Waals surface area (Å²) in [7, 11) is 4.94. The number of methoxy groups -OCH3 is 2. The first-order chi connectivity index (χ1) is 10.1. The molecule has 0 saturated heterocycles. The summed E-state index contributed by atoms with van der Waals surface area (Å²) in [4.78, 5) is 12.2. The first-order valence-electron chi connectivity index (χ1n) is 6.50. The lowest BCUT2D eigenvalue weighted by molar-refractivity contribution is 0.104. The van der Waals surface area contributed by atoms with Crippen molar-refractivity contribution in [2.45, 2.75) is 6.92 Å². The Hall–Kier alpha value is -2.56. The van der Waals surface area contributed by atoms with Crippen molar-refractivity contribution in [3.05, 3.63) is 47.3 Å². The van der Waals surface area contributed by atoms with E-state index in [1.807, 2.05) is 25.1 Å². The molecule has 2 aromatic rings. The molecule has 110 valence electrons. The normalized spacial score (nSPS) is 10.9. The number of carbonyl (C=O) groups is 1. The third-order valence-corrected chi connectivity index (χ3v) is 3.13. The molecule has 0 aliphatic heterocycles. The number of carbonyl (C=O) groups excluding carboxylic acids is 1. The van der Waals surface area contributed by atoms with E-state index in [0.717, 1.165) is 5.56 Å². The number of hydrogen-bond acceptors (Lipinski definition) is 4. The molecule has 5 heteroatoms. The summed E-state index contributed by atoms with van der Waals surface area (Å²) in [5.74, 6) is 1.14. The van der Waals surface area contributed by atoms with Gasteiger partial charge < -0.3 is 9.47 Å². The Labute approximate surface area is 123 Å². The van der Waals surface area contributed by atoms with Crippen molar-refractivity contribution in [2.75, 3.05) is 14.2 Å². The minimum Gasteiger partial charge on any atom is -0.493 e. The van der Waals surface area contributed by atoms with Crippen LogP contribution in [0.25, 0.3) is 6.08 Å². The van der Waals surface area contributed by atoms with Gasteiger partial charge in [-0.2, -0.15) is 5.10 Å². The van der Waals surface area contributed by atoms with Gasteiger partial charge in [0.1, 0.15) is 0 Å². The molecule has 1 heterocycles. The number of hydrogen-bond donors (Lipinski definition) is 0. The summed E-state index contributed by atoms with van der Waals surface area (Å²) in [6.07, 6.45) is 4.95. The minimum atomic E-state index is -0.0922. The van der Waals surface area contributed by atoms with Gasteiger partial charge >= 0.3 is 0 Å². The highest BCUT2D eigenvalue weighted by Gasteiger charge is 2.11. The molecule has 0 atom stereocenters. The van der Waals surface area contributed by atoms with Crippen LogP contribution in [-0.4, -0.2) is 29.8 Å². The smallest absolute Gasteiger partial charge is 0.189 e. The van der Waals surface area contributed by atoms with E-state index in [1.165, 1.54) is 6.08 Å². The Morgan fingerprint density at radius 1 is 1.29 bits per heavy atom. The molecule has 0 fully saturated rings. The van der Waals surface area contributed by atoms with Gasteiger partial charge in [0.15, 0.2) is 17.3 Å². The Kier molecular flexibility index (Phi) is 4.42. The molecule has 0 spiro atoms. The van der Waals surface area contributed by atoms with Crippen LogP contribution in [0.3, 0.4) is 0 Å². The molecule has 0 unspecified atom stereocenters. The van der Waals surface area contributed by atoms with E-state index in [2.05, 4.69) is 5.10 Å². The predicted octanol–water partition coefficient (Wildman–Crippen LogP) is 2.64. The molecule has 0 N–H and O–H groups in total. The quantitative estimate of drug-likeness (QED) is 0.626. The third-order valence-electron chi connectivity index (χ3n) is 3.13. The Morgan fingerprint density at radius 2 is 2.05 bits per heavy atom. The Balaban J connectivity index is 2.29. The Bertz CT molecular complexity index is 687. The van der Waals surface area contributed by atoms with Crippen molar-refractivity contribution in [1.29, 1.82) is 0 Å². The SMILES string of the molecule is COc1cccc(C=CC(=O)c2cn(C)nc2C)c1OC. The minimum absolute atomic E-state index is 0.0922. The van der Waals surface area contributed by atoms with Crippen LogP contribution in [0.15, 0.2) is 30.5 Å². The first kappa shape index (κ1) is 14.8. The molecule has 1 aromatic carbocycles.